The number of methoxy groups -OCH3 is 2. The van der Waals surface area contributed by atoms with Gasteiger partial charge in [0, 0.05) is 23.9 Å². The van der Waals surface area contributed by atoms with Crippen LogP contribution >= 0.6 is 0 Å². The van der Waals surface area contributed by atoms with E-state index in [4.69, 9.17) is 4.74 Å². The Hall–Kier alpha value is -1.78. The number of hydrogen-bond donors (Lipinski definition) is 1. The lowest BCUT2D eigenvalue weighted by molar-refractivity contribution is 0.0591. The van der Waals surface area contributed by atoms with E-state index in [0.717, 1.165) is 0 Å². The molecule has 0 unspecified atom stereocenters. The highest BCUT2D eigenvalue weighted by Gasteiger charge is 2.26. The first-order valence-corrected chi connectivity index (χ1v) is 4.90. The summed E-state index contributed by atoms with van der Waals surface area (Å²) in [6.07, 6.45) is 0.565. The van der Waals surface area contributed by atoms with Crippen molar-refractivity contribution in [1.29, 1.82) is 0 Å². The van der Waals surface area contributed by atoms with Crippen LogP contribution in [-0.2, 0) is 11.2 Å². The van der Waals surface area contributed by atoms with E-state index >= 15 is 0 Å². The maximum Gasteiger partial charge on any atom is 0.344 e. The number of carbonyl (C=O) groups is 1. The van der Waals surface area contributed by atoms with Crippen LogP contribution in [0.15, 0.2) is 6.07 Å². The predicted molar refractivity (Wildman–Crippen MR) is 56.5 cm³/mol. The van der Waals surface area contributed by atoms with E-state index in [0.29, 0.717) is 24.2 Å². The van der Waals surface area contributed by atoms with E-state index in [-0.39, 0.29) is 11.3 Å². The molecule has 0 bridgehead atoms. The number of halogens is 1. The van der Waals surface area contributed by atoms with E-state index in [2.05, 4.69) is 10.1 Å². The number of nitrogens with one attached hydrogen (secondary N) is 1. The van der Waals surface area contributed by atoms with Crippen molar-refractivity contribution < 1.29 is 18.7 Å². The molecule has 0 radical (unpaired) electrons. The van der Waals surface area contributed by atoms with Crippen molar-refractivity contribution in [1.82, 2.24) is 0 Å². The van der Waals surface area contributed by atoms with Gasteiger partial charge in [0.1, 0.15) is 17.1 Å². The van der Waals surface area contributed by atoms with Crippen LogP contribution in [0, 0.1) is 5.82 Å². The molecule has 1 aliphatic rings. The van der Waals surface area contributed by atoms with Crippen LogP contribution in [0.3, 0.4) is 0 Å². The molecule has 5 heteroatoms. The van der Waals surface area contributed by atoms with Gasteiger partial charge in [-0.2, -0.15) is 0 Å². The van der Waals surface area contributed by atoms with E-state index in [1.807, 2.05) is 0 Å². The fourth-order valence-corrected chi connectivity index (χ4v) is 1.85. The molecule has 16 heavy (non-hydrogen) atoms. The quantitative estimate of drug-likeness (QED) is 0.776. The summed E-state index contributed by atoms with van der Waals surface area (Å²) in [5, 5.41) is 3.03. The van der Waals surface area contributed by atoms with Gasteiger partial charge >= 0.3 is 5.97 Å². The molecule has 1 aromatic carbocycles. The maximum absolute atomic E-state index is 14.0. The number of benzene rings is 1. The molecule has 0 fully saturated rings. The monoisotopic (exact) mass is 225 g/mol. The van der Waals surface area contributed by atoms with E-state index < -0.39 is 11.8 Å². The summed E-state index contributed by atoms with van der Waals surface area (Å²) in [7, 11) is 2.61. The molecule has 0 saturated carbocycles. The van der Waals surface area contributed by atoms with Crippen LogP contribution in [0.1, 0.15) is 15.9 Å². The lowest BCUT2D eigenvalue weighted by Gasteiger charge is -2.11. The van der Waals surface area contributed by atoms with Gasteiger partial charge in [-0.15, -0.1) is 0 Å². The highest BCUT2D eigenvalue weighted by molar-refractivity contribution is 5.94. The summed E-state index contributed by atoms with van der Waals surface area (Å²) in [6, 6.07) is 1.62. The summed E-state index contributed by atoms with van der Waals surface area (Å²) in [5.41, 5.74) is 1.07. The second kappa shape index (κ2) is 4.00. The number of anilines is 1. The van der Waals surface area contributed by atoms with Gasteiger partial charge in [0.15, 0.2) is 0 Å². The molecule has 1 N–H and O–H groups in total. The summed E-state index contributed by atoms with van der Waals surface area (Å²) in [4.78, 5) is 11.5. The normalized spacial score (nSPS) is 12.9. The van der Waals surface area contributed by atoms with Gasteiger partial charge in [0.05, 0.1) is 14.2 Å². The number of ether oxygens (including phenoxy) is 2. The van der Waals surface area contributed by atoms with Gasteiger partial charge in [0.25, 0.3) is 0 Å². The second-order valence-electron chi connectivity index (χ2n) is 3.46. The molecule has 0 amide bonds. The second-order valence-corrected chi connectivity index (χ2v) is 3.46. The Morgan fingerprint density at radius 3 is 2.88 bits per heavy atom. The average molecular weight is 225 g/mol. The van der Waals surface area contributed by atoms with Crippen LogP contribution in [0.25, 0.3) is 0 Å². The topological polar surface area (TPSA) is 47.6 Å². The van der Waals surface area contributed by atoms with Crippen molar-refractivity contribution in [3.05, 3.63) is 23.0 Å². The molecule has 1 aromatic rings. The number of esters is 1. The summed E-state index contributed by atoms with van der Waals surface area (Å²) < 4.78 is 23.6. The third-order valence-electron chi connectivity index (χ3n) is 2.63. The first-order valence-electron chi connectivity index (χ1n) is 4.90. The minimum absolute atomic E-state index is 0.132. The van der Waals surface area contributed by atoms with E-state index in [1.165, 1.54) is 14.2 Å². The standard InChI is InChI=1S/C11H12FNO3/c1-15-8-5-7-6(3-4-13-7)10(12)9(8)11(14)16-2/h5,13H,3-4H2,1-2H3. The minimum atomic E-state index is -0.718. The maximum atomic E-state index is 14.0. The van der Waals surface area contributed by atoms with Crippen molar-refractivity contribution >= 4 is 11.7 Å². The first kappa shape index (κ1) is 10.7. The molecule has 0 aromatic heterocycles. The Morgan fingerprint density at radius 2 is 2.25 bits per heavy atom. The van der Waals surface area contributed by atoms with Gasteiger partial charge < -0.3 is 14.8 Å². The number of carbonyl (C=O) groups excluding carboxylic acids is 1. The third-order valence-corrected chi connectivity index (χ3v) is 2.63. The lowest BCUT2D eigenvalue weighted by atomic mass is 10.1. The van der Waals surface area contributed by atoms with Crippen LogP contribution < -0.4 is 10.1 Å². The fraction of sp³-hybridized carbons (Fsp3) is 0.364. The van der Waals surface area contributed by atoms with Crippen molar-refractivity contribution in [3.63, 3.8) is 0 Å². The smallest absolute Gasteiger partial charge is 0.344 e. The molecule has 0 saturated heterocycles. The Bertz CT molecular complexity index is 445. The molecular formula is C11H12FNO3. The Morgan fingerprint density at radius 1 is 1.50 bits per heavy atom. The Balaban J connectivity index is 2.62. The predicted octanol–water partition coefficient (Wildman–Crippen LogP) is 1.59. The first-order chi connectivity index (χ1) is 7.69. The van der Waals surface area contributed by atoms with Crippen LogP contribution in [-0.4, -0.2) is 26.7 Å². The summed E-state index contributed by atoms with van der Waals surface area (Å²) in [5.74, 6) is -1.08. The zero-order chi connectivity index (χ0) is 11.7. The molecule has 0 aliphatic carbocycles. The molecule has 0 spiro atoms. The van der Waals surface area contributed by atoms with Gasteiger partial charge in [-0.1, -0.05) is 0 Å². The van der Waals surface area contributed by atoms with Crippen LogP contribution in [0.2, 0.25) is 0 Å². The van der Waals surface area contributed by atoms with Crippen LogP contribution in [0.5, 0.6) is 5.75 Å². The van der Waals surface area contributed by atoms with E-state index in [1.54, 1.807) is 6.07 Å². The largest absolute Gasteiger partial charge is 0.496 e. The molecule has 86 valence electrons. The van der Waals surface area contributed by atoms with Gasteiger partial charge in [-0.05, 0) is 6.42 Å². The minimum Gasteiger partial charge on any atom is -0.496 e. The highest BCUT2D eigenvalue weighted by Crippen LogP contribution is 2.34. The molecular weight excluding hydrogens is 213 g/mol. The third kappa shape index (κ3) is 1.48. The van der Waals surface area contributed by atoms with Crippen LogP contribution in [0.4, 0.5) is 10.1 Å². The fourth-order valence-electron chi connectivity index (χ4n) is 1.85. The Kier molecular flexibility index (Phi) is 2.68. The average Bonchev–Trinajstić information content (AvgIpc) is 2.76. The number of hydrogen-bond acceptors (Lipinski definition) is 4. The van der Waals surface area contributed by atoms with Gasteiger partial charge in [-0.3, -0.25) is 0 Å². The number of fused-ring (bicyclic) bond motifs is 1. The molecule has 1 heterocycles. The van der Waals surface area contributed by atoms with Crippen molar-refractivity contribution in [2.45, 2.75) is 6.42 Å². The van der Waals surface area contributed by atoms with Gasteiger partial charge in [-0.25, -0.2) is 9.18 Å². The van der Waals surface area contributed by atoms with Crippen molar-refractivity contribution in [2.75, 3.05) is 26.1 Å². The lowest BCUT2D eigenvalue weighted by Crippen LogP contribution is -2.09. The van der Waals surface area contributed by atoms with E-state index in [9.17, 15) is 9.18 Å². The zero-order valence-electron chi connectivity index (χ0n) is 9.09. The van der Waals surface area contributed by atoms with Crippen molar-refractivity contribution in [2.24, 2.45) is 0 Å². The zero-order valence-corrected chi connectivity index (χ0v) is 9.09. The Labute approximate surface area is 92.4 Å². The molecule has 0 atom stereocenters. The van der Waals surface area contributed by atoms with Gasteiger partial charge in [0.2, 0.25) is 0 Å². The van der Waals surface area contributed by atoms with Crippen molar-refractivity contribution in [3.8, 4) is 5.75 Å². The molecule has 4 nitrogen and oxygen atoms in total. The highest BCUT2D eigenvalue weighted by atomic mass is 19.1. The number of rotatable bonds is 2. The molecule has 1 aliphatic heterocycles. The summed E-state index contributed by atoms with van der Waals surface area (Å²) in [6.45, 7) is 0.667. The summed E-state index contributed by atoms with van der Waals surface area (Å²) >= 11 is 0. The molecule has 2 rings (SSSR count). The SMILES string of the molecule is COC(=O)c1c(OC)cc2c(c1F)CCN2.